The van der Waals surface area contributed by atoms with Gasteiger partial charge in [-0.1, -0.05) is 61.2 Å². The van der Waals surface area contributed by atoms with E-state index >= 15 is 0 Å². The minimum absolute atomic E-state index is 0.00891. The Hall–Kier alpha value is -3.14. The summed E-state index contributed by atoms with van der Waals surface area (Å²) in [5, 5.41) is 8.18. The molecule has 1 saturated carbocycles. The highest BCUT2D eigenvalue weighted by atomic mass is 35.5. The number of hydrogen-bond acceptors (Lipinski definition) is 7. The maximum absolute atomic E-state index is 6.40. The number of halogens is 1. The third kappa shape index (κ3) is 6.90. The average molecular weight is 606 g/mol. The van der Waals surface area contributed by atoms with Gasteiger partial charge in [0.05, 0.1) is 13.2 Å². The number of rotatable bonds is 7. The van der Waals surface area contributed by atoms with Gasteiger partial charge in [-0.15, -0.1) is 0 Å². The Morgan fingerprint density at radius 3 is 2.17 bits per heavy atom. The molecule has 2 aromatic carbocycles. The Bertz CT molecular complexity index is 1340. The van der Waals surface area contributed by atoms with Crippen molar-refractivity contribution in [1.29, 1.82) is 0 Å². The summed E-state index contributed by atoms with van der Waals surface area (Å²) in [6, 6.07) is 21.0. The fourth-order valence-electron chi connectivity index (χ4n) is 6.44. The molecule has 6 rings (SSSR count). The van der Waals surface area contributed by atoms with Crippen LogP contribution in [0.5, 0.6) is 0 Å². The molecule has 0 radical (unpaired) electrons. The molecule has 3 heterocycles. The summed E-state index contributed by atoms with van der Waals surface area (Å²) < 4.78 is 5.60. The van der Waals surface area contributed by atoms with Crippen molar-refractivity contribution >= 4 is 52.2 Å². The van der Waals surface area contributed by atoms with Crippen LogP contribution in [0.4, 0.5) is 23.3 Å². The highest BCUT2D eigenvalue weighted by Gasteiger charge is 2.34. The molecule has 2 aliphatic heterocycles. The van der Waals surface area contributed by atoms with Crippen LogP contribution in [0.15, 0.2) is 60.7 Å². The van der Waals surface area contributed by atoms with Gasteiger partial charge in [-0.05, 0) is 54.9 Å². The summed E-state index contributed by atoms with van der Waals surface area (Å²) in [5.41, 5.74) is 2.56. The molecule has 0 amide bonds. The maximum atomic E-state index is 6.40. The van der Waals surface area contributed by atoms with Crippen molar-refractivity contribution < 1.29 is 4.74 Å². The molecular formula is C32H40ClN7OS. The highest BCUT2D eigenvalue weighted by Crippen LogP contribution is 2.39. The van der Waals surface area contributed by atoms with Crippen LogP contribution in [0.25, 0.3) is 0 Å². The van der Waals surface area contributed by atoms with Gasteiger partial charge in [-0.25, -0.2) is 0 Å². The van der Waals surface area contributed by atoms with Crippen molar-refractivity contribution in [3.8, 4) is 0 Å². The second kappa shape index (κ2) is 13.4. The molecule has 0 atom stereocenters. The fraction of sp³-hybridized carbons (Fsp3) is 0.469. The van der Waals surface area contributed by atoms with Crippen molar-refractivity contribution in [3.05, 3.63) is 71.2 Å². The van der Waals surface area contributed by atoms with Gasteiger partial charge in [0.2, 0.25) is 5.95 Å². The Labute approximate surface area is 259 Å². The van der Waals surface area contributed by atoms with Crippen LogP contribution in [-0.4, -0.2) is 74.1 Å². The van der Waals surface area contributed by atoms with Gasteiger partial charge in [0.15, 0.2) is 5.11 Å². The summed E-state index contributed by atoms with van der Waals surface area (Å²) in [5.74, 6) is 2.35. The SMILES string of the molecule is S=C(NCC1(c2cccc(Cl)c2)CCCCC1)Nc1nc(N2CCOCC2)cc(N2CCN(c3ccccc3)CC2)n1. The Balaban J connectivity index is 1.17. The first kappa shape index (κ1) is 29.0. The van der Waals surface area contributed by atoms with Crippen molar-refractivity contribution in [1.82, 2.24) is 15.3 Å². The van der Waals surface area contributed by atoms with Crippen LogP contribution in [0.1, 0.15) is 37.7 Å². The fourth-order valence-corrected chi connectivity index (χ4v) is 6.79. The first-order valence-electron chi connectivity index (χ1n) is 15.2. The van der Waals surface area contributed by atoms with Crippen molar-refractivity contribution in [2.45, 2.75) is 37.5 Å². The number of para-hydroxylation sites is 1. The van der Waals surface area contributed by atoms with Gasteiger partial charge >= 0.3 is 0 Å². The minimum atomic E-state index is 0.00891. The summed E-state index contributed by atoms with van der Waals surface area (Å²) in [6.45, 7) is 7.41. The first-order chi connectivity index (χ1) is 20.6. The second-order valence-electron chi connectivity index (χ2n) is 11.5. The van der Waals surface area contributed by atoms with E-state index in [0.29, 0.717) is 24.3 Å². The molecule has 3 fully saturated rings. The maximum Gasteiger partial charge on any atom is 0.232 e. The molecule has 2 saturated heterocycles. The summed E-state index contributed by atoms with van der Waals surface area (Å²) in [7, 11) is 0. The minimum Gasteiger partial charge on any atom is -0.378 e. The van der Waals surface area contributed by atoms with Crippen molar-refractivity contribution in [3.63, 3.8) is 0 Å². The van der Waals surface area contributed by atoms with Crippen LogP contribution < -0.4 is 25.3 Å². The van der Waals surface area contributed by atoms with Crippen LogP contribution in [0.3, 0.4) is 0 Å². The highest BCUT2D eigenvalue weighted by molar-refractivity contribution is 7.80. The van der Waals surface area contributed by atoms with Crippen LogP contribution in [0.2, 0.25) is 5.02 Å². The number of anilines is 4. The van der Waals surface area contributed by atoms with E-state index in [1.807, 2.05) is 6.07 Å². The average Bonchev–Trinajstić information content (AvgIpc) is 3.05. The number of hydrogen-bond donors (Lipinski definition) is 2. The van der Waals surface area contributed by atoms with E-state index < -0.39 is 0 Å². The lowest BCUT2D eigenvalue weighted by atomic mass is 9.69. The zero-order valence-electron chi connectivity index (χ0n) is 24.1. The lowest BCUT2D eigenvalue weighted by Gasteiger charge is -2.38. The molecule has 222 valence electrons. The van der Waals surface area contributed by atoms with E-state index in [0.717, 1.165) is 75.3 Å². The molecule has 1 aliphatic carbocycles. The molecule has 3 aromatic rings. The summed E-state index contributed by atoms with van der Waals surface area (Å²) in [4.78, 5) is 16.9. The molecule has 3 aliphatic rings. The van der Waals surface area contributed by atoms with Crippen LogP contribution in [0, 0.1) is 0 Å². The zero-order chi connectivity index (χ0) is 28.8. The lowest BCUT2D eigenvalue weighted by molar-refractivity contribution is 0.122. The molecule has 10 heteroatoms. The number of thiocarbonyl (C=S) groups is 1. The van der Waals surface area contributed by atoms with E-state index in [-0.39, 0.29) is 5.41 Å². The van der Waals surface area contributed by atoms with Gasteiger partial charge in [0.25, 0.3) is 0 Å². The predicted molar refractivity (Wildman–Crippen MR) is 176 cm³/mol. The van der Waals surface area contributed by atoms with Crippen LogP contribution >= 0.6 is 23.8 Å². The number of morpholine rings is 1. The Morgan fingerprint density at radius 2 is 1.48 bits per heavy atom. The smallest absolute Gasteiger partial charge is 0.232 e. The van der Waals surface area contributed by atoms with Gasteiger partial charge in [0, 0.05) is 68.0 Å². The van der Waals surface area contributed by atoms with Gasteiger partial charge in [-0.2, -0.15) is 9.97 Å². The molecule has 2 N–H and O–H groups in total. The zero-order valence-corrected chi connectivity index (χ0v) is 25.7. The van der Waals surface area contributed by atoms with Crippen LogP contribution in [-0.2, 0) is 10.2 Å². The largest absolute Gasteiger partial charge is 0.378 e. The van der Waals surface area contributed by atoms with E-state index in [1.165, 1.54) is 30.5 Å². The number of nitrogens with zero attached hydrogens (tertiary/aromatic N) is 5. The van der Waals surface area contributed by atoms with E-state index in [1.54, 1.807) is 0 Å². The number of piperazine rings is 1. The van der Waals surface area contributed by atoms with E-state index in [2.05, 4.69) is 79.9 Å². The van der Waals surface area contributed by atoms with E-state index in [4.69, 9.17) is 38.5 Å². The molecule has 42 heavy (non-hydrogen) atoms. The van der Waals surface area contributed by atoms with Crippen molar-refractivity contribution in [2.75, 3.05) is 79.0 Å². The molecule has 0 unspecified atom stereocenters. The number of ether oxygens (including phenoxy) is 1. The third-order valence-electron chi connectivity index (χ3n) is 8.82. The monoisotopic (exact) mass is 605 g/mol. The number of benzene rings is 2. The number of aromatic nitrogens is 2. The van der Waals surface area contributed by atoms with Gasteiger partial charge in [-0.3, -0.25) is 0 Å². The van der Waals surface area contributed by atoms with E-state index in [9.17, 15) is 0 Å². The molecule has 0 bridgehead atoms. The molecule has 1 aromatic heterocycles. The Morgan fingerprint density at radius 1 is 0.810 bits per heavy atom. The summed E-state index contributed by atoms with van der Waals surface area (Å²) in [6.07, 6.45) is 5.92. The van der Waals surface area contributed by atoms with Crippen molar-refractivity contribution in [2.24, 2.45) is 0 Å². The predicted octanol–water partition coefficient (Wildman–Crippen LogP) is 5.48. The lowest BCUT2D eigenvalue weighted by Crippen LogP contribution is -2.47. The quantitative estimate of drug-likeness (QED) is 0.341. The molecule has 8 nitrogen and oxygen atoms in total. The standard InChI is InChI=1S/C32H40ClN7OS/c33-26-9-7-8-25(22-26)32(12-5-2-6-13-32)24-34-31(42)37-30-35-28(23-29(36-30)40-18-20-41-21-19-40)39-16-14-38(15-17-39)27-10-3-1-4-11-27/h1,3-4,7-11,22-23H,2,5-6,12-21,24H2,(H2,34,35,36,37,42). The number of nitrogens with one attached hydrogen (secondary N) is 2. The van der Waals surface area contributed by atoms with Gasteiger partial charge < -0.3 is 30.1 Å². The molecular weight excluding hydrogens is 566 g/mol. The van der Waals surface area contributed by atoms with Gasteiger partial charge in [0.1, 0.15) is 11.6 Å². The molecule has 0 spiro atoms. The normalized spacial score (nSPS) is 18.9. The summed E-state index contributed by atoms with van der Waals surface area (Å²) >= 11 is 12.2. The first-order valence-corrected chi connectivity index (χ1v) is 15.9. The Kier molecular flexibility index (Phi) is 9.27. The third-order valence-corrected chi connectivity index (χ3v) is 9.30. The topological polar surface area (TPSA) is 68.8 Å². The second-order valence-corrected chi connectivity index (χ2v) is 12.3.